The molecule has 0 radical (unpaired) electrons. The molecule has 10 heteroatoms. The van der Waals surface area contributed by atoms with E-state index in [1.807, 2.05) is 0 Å². The van der Waals surface area contributed by atoms with Crippen LogP contribution >= 0.6 is 0 Å². The fourth-order valence-electron chi connectivity index (χ4n) is 2.59. The van der Waals surface area contributed by atoms with Gasteiger partial charge < -0.3 is 19.7 Å². The Hall–Kier alpha value is -3.27. The second-order valence-electron chi connectivity index (χ2n) is 6.16. The monoisotopic (exact) mass is 412 g/mol. The van der Waals surface area contributed by atoms with Crippen LogP contribution in [0.1, 0.15) is 5.56 Å². The smallest absolute Gasteiger partial charge is 0.387 e. The van der Waals surface area contributed by atoms with Gasteiger partial charge in [-0.25, -0.2) is 9.18 Å². The van der Waals surface area contributed by atoms with Gasteiger partial charge >= 0.3 is 12.6 Å². The number of likely N-dealkylation sites (N-methyl/N-ethyl adjacent to an activating group) is 1. The van der Waals surface area contributed by atoms with Gasteiger partial charge in [0.15, 0.2) is 18.0 Å². The number of nitrogens with one attached hydrogen (secondary N) is 3. The third kappa shape index (κ3) is 7.00. The SMILES string of the molecule is COc1cc(C[NH+](C)CC(=O)NC(=O)Nc2ccccc2F)ccc1OC(F)F. The lowest BCUT2D eigenvalue weighted by atomic mass is 10.2. The van der Waals surface area contributed by atoms with E-state index in [1.165, 1.54) is 37.4 Å². The summed E-state index contributed by atoms with van der Waals surface area (Å²) >= 11 is 0. The summed E-state index contributed by atoms with van der Waals surface area (Å²) in [6.45, 7) is -2.67. The van der Waals surface area contributed by atoms with E-state index in [2.05, 4.69) is 15.4 Å². The van der Waals surface area contributed by atoms with Gasteiger partial charge in [-0.1, -0.05) is 12.1 Å². The molecule has 2 rings (SSSR count). The van der Waals surface area contributed by atoms with Crippen LogP contribution in [-0.4, -0.2) is 39.3 Å². The van der Waals surface area contributed by atoms with Crippen molar-refractivity contribution >= 4 is 17.6 Å². The molecule has 2 aromatic carbocycles. The number of carbonyl (C=O) groups is 2. The number of amides is 3. The molecule has 7 nitrogen and oxygen atoms in total. The molecule has 2 aromatic rings. The van der Waals surface area contributed by atoms with Gasteiger partial charge in [-0.15, -0.1) is 0 Å². The first-order valence-corrected chi connectivity index (χ1v) is 8.57. The van der Waals surface area contributed by atoms with E-state index in [0.29, 0.717) is 17.0 Å². The number of benzene rings is 2. The first kappa shape index (κ1) is 22.0. The summed E-state index contributed by atoms with van der Waals surface area (Å²) < 4.78 is 47.7. The van der Waals surface area contributed by atoms with Crippen molar-refractivity contribution in [2.45, 2.75) is 13.2 Å². The summed E-state index contributed by atoms with van der Waals surface area (Å²) in [7, 11) is 3.04. The number of halogens is 3. The minimum absolute atomic E-state index is 0.0447. The zero-order valence-corrected chi connectivity index (χ0v) is 15.8. The fraction of sp³-hybridized carbons (Fsp3) is 0.263. The summed E-state index contributed by atoms with van der Waals surface area (Å²) in [5.41, 5.74) is 0.668. The van der Waals surface area contributed by atoms with Crippen LogP contribution in [0.15, 0.2) is 42.5 Å². The normalized spacial score (nSPS) is 11.7. The van der Waals surface area contributed by atoms with E-state index >= 15 is 0 Å². The highest BCUT2D eigenvalue weighted by Gasteiger charge is 2.16. The Bertz CT molecular complexity index is 864. The fourth-order valence-corrected chi connectivity index (χ4v) is 2.59. The Morgan fingerprint density at radius 2 is 1.86 bits per heavy atom. The van der Waals surface area contributed by atoms with Gasteiger partial charge in [0, 0.05) is 5.56 Å². The molecule has 1 atom stereocenters. The van der Waals surface area contributed by atoms with Crippen molar-refractivity contribution in [1.82, 2.24) is 5.32 Å². The van der Waals surface area contributed by atoms with Crippen molar-refractivity contribution in [2.75, 3.05) is 26.0 Å². The minimum atomic E-state index is -2.97. The molecular formula is C19H21F3N3O4+. The van der Waals surface area contributed by atoms with Crippen LogP contribution < -0.4 is 25.0 Å². The lowest BCUT2D eigenvalue weighted by molar-refractivity contribution is -0.885. The van der Waals surface area contributed by atoms with Gasteiger partial charge in [-0.3, -0.25) is 10.1 Å². The topological polar surface area (TPSA) is 81.1 Å². The maximum atomic E-state index is 13.5. The Balaban J connectivity index is 1.88. The summed E-state index contributed by atoms with van der Waals surface area (Å²) in [5.74, 6) is -1.14. The summed E-state index contributed by atoms with van der Waals surface area (Å²) in [5, 5.41) is 4.38. The van der Waals surface area contributed by atoms with Crippen molar-refractivity contribution in [3.05, 3.63) is 53.8 Å². The molecule has 0 spiro atoms. The molecule has 0 fully saturated rings. The van der Waals surface area contributed by atoms with Gasteiger partial charge in [0.1, 0.15) is 12.4 Å². The third-order valence-electron chi connectivity index (χ3n) is 3.79. The van der Waals surface area contributed by atoms with Crippen LogP contribution in [0, 0.1) is 5.82 Å². The Morgan fingerprint density at radius 1 is 1.14 bits per heavy atom. The largest absolute Gasteiger partial charge is 0.493 e. The van der Waals surface area contributed by atoms with Crippen molar-refractivity contribution in [1.29, 1.82) is 0 Å². The molecule has 0 aliphatic rings. The van der Waals surface area contributed by atoms with E-state index in [0.717, 1.165) is 0 Å². The summed E-state index contributed by atoms with van der Waals surface area (Å²) in [4.78, 5) is 24.5. The minimum Gasteiger partial charge on any atom is -0.493 e. The number of anilines is 1. The predicted molar refractivity (Wildman–Crippen MR) is 98.6 cm³/mol. The molecule has 0 aliphatic carbocycles. The van der Waals surface area contributed by atoms with Gasteiger partial charge in [-0.2, -0.15) is 8.78 Å². The number of urea groups is 1. The first-order chi connectivity index (χ1) is 13.8. The van der Waals surface area contributed by atoms with Crippen LogP contribution in [0.2, 0.25) is 0 Å². The number of imide groups is 1. The Labute approximate surface area is 165 Å². The number of para-hydroxylation sites is 1. The quantitative estimate of drug-likeness (QED) is 0.618. The molecule has 1 unspecified atom stereocenters. The Morgan fingerprint density at radius 3 is 2.52 bits per heavy atom. The van der Waals surface area contributed by atoms with E-state index in [-0.39, 0.29) is 23.7 Å². The maximum Gasteiger partial charge on any atom is 0.387 e. The van der Waals surface area contributed by atoms with Crippen LogP contribution in [-0.2, 0) is 11.3 Å². The van der Waals surface area contributed by atoms with Crippen molar-refractivity contribution in [3.63, 3.8) is 0 Å². The van der Waals surface area contributed by atoms with E-state index in [1.54, 1.807) is 19.2 Å². The molecule has 0 saturated heterocycles. The van der Waals surface area contributed by atoms with E-state index < -0.39 is 24.4 Å². The number of rotatable bonds is 8. The van der Waals surface area contributed by atoms with Gasteiger partial charge in [-0.05, 0) is 30.3 Å². The highest BCUT2D eigenvalue weighted by Crippen LogP contribution is 2.29. The number of carbonyl (C=O) groups excluding carboxylic acids is 2. The second kappa shape index (κ2) is 10.3. The lowest BCUT2D eigenvalue weighted by Gasteiger charge is -2.15. The Kier molecular flexibility index (Phi) is 7.84. The summed E-state index contributed by atoms with van der Waals surface area (Å²) in [6.07, 6.45) is 0. The number of hydrogen-bond donors (Lipinski definition) is 3. The molecule has 29 heavy (non-hydrogen) atoms. The average Bonchev–Trinajstić information content (AvgIpc) is 2.64. The zero-order valence-electron chi connectivity index (χ0n) is 15.8. The summed E-state index contributed by atoms with van der Waals surface area (Å²) in [6, 6.07) is 9.19. The van der Waals surface area contributed by atoms with Crippen LogP contribution in [0.5, 0.6) is 11.5 Å². The third-order valence-corrected chi connectivity index (χ3v) is 3.79. The molecule has 0 aromatic heterocycles. The maximum absolute atomic E-state index is 13.5. The first-order valence-electron chi connectivity index (χ1n) is 8.57. The number of hydrogen-bond acceptors (Lipinski definition) is 4. The highest BCUT2D eigenvalue weighted by atomic mass is 19.3. The lowest BCUT2D eigenvalue weighted by Crippen LogP contribution is -3.09. The van der Waals surface area contributed by atoms with Gasteiger partial charge in [0.05, 0.1) is 19.8 Å². The standard InChI is InChI=1S/C19H20F3N3O4/c1-25(10-12-7-8-15(29-18(21)22)16(9-12)28-2)11-17(26)24-19(27)23-14-6-4-3-5-13(14)20/h3-9,18H,10-11H2,1-2H3,(H2,23,24,26,27)/p+1. The molecule has 0 bridgehead atoms. The average molecular weight is 412 g/mol. The number of ether oxygens (including phenoxy) is 2. The number of alkyl halides is 2. The number of quaternary nitrogens is 1. The molecule has 0 saturated carbocycles. The molecule has 0 aliphatic heterocycles. The van der Waals surface area contributed by atoms with Crippen LogP contribution in [0.25, 0.3) is 0 Å². The van der Waals surface area contributed by atoms with E-state index in [9.17, 15) is 22.8 Å². The molecule has 156 valence electrons. The van der Waals surface area contributed by atoms with Crippen LogP contribution in [0.3, 0.4) is 0 Å². The van der Waals surface area contributed by atoms with Crippen molar-refractivity contribution in [3.8, 4) is 11.5 Å². The van der Waals surface area contributed by atoms with Gasteiger partial charge in [0.25, 0.3) is 5.91 Å². The highest BCUT2D eigenvalue weighted by molar-refractivity contribution is 6.01. The molecular weight excluding hydrogens is 391 g/mol. The van der Waals surface area contributed by atoms with Gasteiger partial charge in [0.2, 0.25) is 0 Å². The van der Waals surface area contributed by atoms with Crippen molar-refractivity contribution < 1.29 is 37.1 Å². The second-order valence-corrected chi connectivity index (χ2v) is 6.16. The zero-order chi connectivity index (χ0) is 21.4. The van der Waals surface area contributed by atoms with E-state index in [4.69, 9.17) is 4.74 Å². The van der Waals surface area contributed by atoms with Crippen molar-refractivity contribution in [2.24, 2.45) is 0 Å². The number of methoxy groups -OCH3 is 1. The molecule has 3 amide bonds. The predicted octanol–water partition coefficient (Wildman–Crippen LogP) is 1.80. The molecule has 3 N–H and O–H groups in total. The molecule has 0 heterocycles. The van der Waals surface area contributed by atoms with Crippen LogP contribution in [0.4, 0.5) is 23.7 Å².